The standard InChI is InChI=1S/C23H23BrN2O4.C23H24N2O4.C21H19BrN2O4.C19H16BrNO3.C12H10BrNO3/c1-14(2)10-19(23(29)30)25-22(28)18-13-26(12-15-6-4-3-5-7-15)20-9-8-16(24)11-17(20)21(18)27;1-15(2)20(23(28)29-3)24-22(27)18-14-25(13-16-9-5-4-6-10-16)19-12-8-7-11-17(19)21(18)26;1-13(21(27)28-2)23-20(26)17-12-24(11-14-6-4-3-5-7-14)18-9-8-15(22)10-16(18)19(17)25;1-2-24-19(23)16-12-21(11-13-6-4-3-5-7-13)17-9-8-14(20)10-15(17)18(16)22;1-2-17-12(16)9-6-14-10-4-3-7(13)5-8(10)11(9)15/h3-9,11,13-14,19H,10,12H2,1-2H3,(H,25,28)(H,29,30);4-12,14-15,20H,13H2,1-3H3,(H,24,27);3-10,12-13H,11H2,1-2H3,(H,23,26);3-10,12H,2,11H2,1H3;3-6H,2H2,1H3,(H,14,15). The summed E-state index contributed by atoms with van der Waals surface area (Å²) in [4.78, 5) is 164. The van der Waals surface area contributed by atoms with E-state index < -0.39 is 76.6 Å². The highest BCUT2D eigenvalue weighted by Crippen LogP contribution is 2.26. The van der Waals surface area contributed by atoms with Crippen molar-refractivity contribution in [1.82, 2.24) is 39.2 Å². The van der Waals surface area contributed by atoms with Gasteiger partial charge in [-0.05, 0) is 146 Å². The number of carbonyl (C=O) groups excluding carboxylic acids is 7. The van der Waals surface area contributed by atoms with Gasteiger partial charge in [0.2, 0.25) is 27.1 Å². The van der Waals surface area contributed by atoms with Crippen molar-refractivity contribution in [2.24, 2.45) is 11.8 Å². The number of amides is 3. The van der Waals surface area contributed by atoms with E-state index in [9.17, 15) is 67.4 Å². The third kappa shape index (κ3) is 25.1. The molecule has 0 radical (unpaired) electrons. The molecule has 0 aliphatic carbocycles. The molecular weight excluding hydrogens is 1900 g/mol. The summed E-state index contributed by atoms with van der Waals surface area (Å²) in [6, 6.07) is 65.0. The summed E-state index contributed by atoms with van der Waals surface area (Å²) in [6.45, 7) is 14.8. The van der Waals surface area contributed by atoms with Crippen LogP contribution < -0.4 is 43.1 Å². The molecule has 0 aliphatic heterocycles. The van der Waals surface area contributed by atoms with Crippen LogP contribution in [0.1, 0.15) is 129 Å². The second kappa shape index (κ2) is 45.7. The number of pyridine rings is 5. The van der Waals surface area contributed by atoms with Crippen LogP contribution in [0.15, 0.2) is 291 Å². The molecule has 0 spiro atoms. The van der Waals surface area contributed by atoms with Crippen LogP contribution in [0.25, 0.3) is 54.5 Å². The Morgan fingerprint density at radius 2 is 0.711 bits per heavy atom. The molecular formula is C98H92Br4N8O18. The number of ether oxygens (including phenoxy) is 4. The van der Waals surface area contributed by atoms with Gasteiger partial charge >= 0.3 is 29.8 Å². The van der Waals surface area contributed by atoms with Crippen LogP contribution in [0.5, 0.6) is 0 Å². The van der Waals surface area contributed by atoms with Crippen molar-refractivity contribution >= 4 is 166 Å². The molecule has 0 saturated heterocycles. The lowest BCUT2D eigenvalue weighted by atomic mass is 10.0. The zero-order chi connectivity index (χ0) is 92.6. The van der Waals surface area contributed by atoms with Gasteiger partial charge < -0.3 is 63.3 Å². The number of carboxylic acid groups (broad SMARTS) is 1. The van der Waals surface area contributed by atoms with Crippen molar-refractivity contribution in [1.29, 1.82) is 0 Å². The summed E-state index contributed by atoms with van der Waals surface area (Å²) >= 11 is 13.4. The number of aromatic nitrogens is 5. The Morgan fingerprint density at radius 1 is 0.383 bits per heavy atom. The number of aliphatic carboxylic acids is 1. The third-order valence-corrected chi connectivity index (χ3v) is 22.1. The average molecular weight is 1990 g/mol. The molecule has 0 aliphatic rings. The van der Waals surface area contributed by atoms with E-state index in [1.807, 2.05) is 208 Å². The molecule has 5 heterocycles. The van der Waals surface area contributed by atoms with Crippen LogP contribution in [0.4, 0.5) is 0 Å². The summed E-state index contributed by atoms with van der Waals surface area (Å²) < 4.78 is 29.8. The molecule has 5 N–H and O–H groups in total. The largest absolute Gasteiger partial charge is 0.480 e. The molecule has 9 aromatic carbocycles. The van der Waals surface area contributed by atoms with Crippen LogP contribution in [0.2, 0.25) is 0 Å². The fourth-order valence-corrected chi connectivity index (χ4v) is 15.2. The zero-order valence-corrected chi connectivity index (χ0v) is 77.5. The Kier molecular flexibility index (Phi) is 34.6. The van der Waals surface area contributed by atoms with Crippen molar-refractivity contribution in [2.45, 2.75) is 99.2 Å². The maximum Gasteiger partial charge on any atom is 0.343 e. The molecule has 14 aromatic rings. The minimum atomic E-state index is -1.12. The van der Waals surface area contributed by atoms with E-state index in [4.69, 9.17) is 14.2 Å². The second-order valence-corrected chi connectivity index (χ2v) is 33.7. The van der Waals surface area contributed by atoms with Crippen molar-refractivity contribution in [3.05, 3.63) is 368 Å². The number of nitrogens with zero attached hydrogens (tertiary/aromatic N) is 4. The predicted molar refractivity (Wildman–Crippen MR) is 508 cm³/mol. The van der Waals surface area contributed by atoms with E-state index in [1.54, 1.807) is 82.6 Å². The molecule has 0 bridgehead atoms. The van der Waals surface area contributed by atoms with Crippen molar-refractivity contribution in [3.63, 3.8) is 0 Å². The minimum absolute atomic E-state index is 0.00539. The molecule has 660 valence electrons. The normalized spacial score (nSPS) is 11.6. The Morgan fingerprint density at radius 3 is 1.09 bits per heavy atom. The number of para-hydroxylation sites is 1. The van der Waals surface area contributed by atoms with Gasteiger partial charge in [0.25, 0.3) is 17.7 Å². The highest BCUT2D eigenvalue weighted by molar-refractivity contribution is 9.11. The fraction of sp³-hybridized carbons (Fsp3) is 0.214. The number of hydrogen-bond acceptors (Lipinski definition) is 17. The average Bonchev–Trinajstić information content (AvgIpc) is 0.787. The number of aromatic amines is 1. The quantitative estimate of drug-likeness (QED) is 0.0277. The Labute approximate surface area is 768 Å². The second-order valence-electron chi connectivity index (χ2n) is 30.0. The van der Waals surface area contributed by atoms with Crippen molar-refractivity contribution in [2.75, 3.05) is 27.4 Å². The van der Waals surface area contributed by atoms with Gasteiger partial charge in [0, 0.05) is 108 Å². The van der Waals surface area contributed by atoms with Crippen LogP contribution >= 0.6 is 63.7 Å². The number of esters is 4. The number of carboxylic acids is 1. The molecule has 3 atom stereocenters. The Hall–Kier alpha value is -13.3. The van der Waals surface area contributed by atoms with Crippen LogP contribution in [0.3, 0.4) is 0 Å². The predicted octanol–water partition coefficient (Wildman–Crippen LogP) is 16.6. The fourth-order valence-electron chi connectivity index (χ4n) is 13.8. The molecule has 30 heteroatoms. The molecule has 128 heavy (non-hydrogen) atoms. The maximum atomic E-state index is 13.1. The number of nitrogens with one attached hydrogen (secondary N) is 4. The number of halogens is 4. The number of carbonyl (C=O) groups is 8. The van der Waals surface area contributed by atoms with Gasteiger partial charge in [0.05, 0.1) is 49.5 Å². The van der Waals surface area contributed by atoms with E-state index >= 15 is 0 Å². The zero-order valence-electron chi connectivity index (χ0n) is 71.2. The first kappa shape index (κ1) is 96.9. The number of H-pyrrole nitrogens is 1. The monoisotopic (exact) mass is 1980 g/mol. The first-order valence-electron chi connectivity index (χ1n) is 40.5. The van der Waals surface area contributed by atoms with E-state index in [1.165, 1.54) is 39.7 Å². The molecule has 0 saturated carbocycles. The maximum absolute atomic E-state index is 13.1. The Balaban J connectivity index is 0.000000168. The van der Waals surface area contributed by atoms with Gasteiger partial charge in [0.15, 0.2) is 0 Å². The number of hydrogen-bond donors (Lipinski definition) is 5. The lowest BCUT2D eigenvalue weighted by Crippen LogP contribution is -2.46. The first-order chi connectivity index (χ1) is 61.3. The van der Waals surface area contributed by atoms with E-state index in [-0.39, 0.29) is 75.6 Å². The topological polar surface area (TPSA) is 351 Å². The highest BCUT2D eigenvalue weighted by Gasteiger charge is 2.29. The number of rotatable bonds is 24. The molecule has 14 rings (SSSR count). The lowest BCUT2D eigenvalue weighted by molar-refractivity contribution is -0.144. The van der Waals surface area contributed by atoms with E-state index in [0.29, 0.717) is 64.1 Å². The summed E-state index contributed by atoms with van der Waals surface area (Å²) in [5, 5.41) is 19.3. The summed E-state index contributed by atoms with van der Waals surface area (Å²) in [5.41, 5.74) is 5.94. The van der Waals surface area contributed by atoms with Gasteiger partial charge in [-0.25, -0.2) is 24.0 Å². The van der Waals surface area contributed by atoms with Gasteiger partial charge in [0.1, 0.15) is 45.9 Å². The Bertz CT molecular complexity index is 6760. The van der Waals surface area contributed by atoms with Gasteiger partial charge in [-0.2, -0.15) is 0 Å². The van der Waals surface area contributed by atoms with Crippen LogP contribution in [-0.2, 0) is 59.5 Å². The summed E-state index contributed by atoms with van der Waals surface area (Å²) in [7, 11) is 2.51. The molecule has 5 aromatic heterocycles. The smallest absolute Gasteiger partial charge is 0.343 e. The highest BCUT2D eigenvalue weighted by atomic mass is 79.9. The lowest BCUT2D eigenvalue weighted by Gasteiger charge is -2.20. The third-order valence-electron chi connectivity index (χ3n) is 20.1. The van der Waals surface area contributed by atoms with Crippen molar-refractivity contribution < 1.29 is 62.4 Å². The molecule has 3 unspecified atom stereocenters. The molecule has 26 nitrogen and oxygen atoms in total. The number of fused-ring (bicyclic) bond motifs is 5. The number of methoxy groups -OCH3 is 2. The SMILES string of the molecule is CC(C)CC(NC(=O)c1cn(Cc2ccccc2)c2ccc(Br)cc2c1=O)C(=O)O.CCOC(=O)c1c[nH]c2ccc(Br)cc2c1=O.CCOC(=O)c1cn(Cc2ccccc2)c2ccc(Br)cc2c1=O.COC(=O)C(C)NC(=O)c1cn(Cc2ccccc2)c2ccc(Br)cc2c1=O.COC(=O)C(NC(=O)c1cn(Cc2ccccc2)c2ccccc2c1=O)C(C)C. The van der Waals surface area contributed by atoms with Gasteiger partial charge in [-0.3, -0.25) is 38.4 Å². The van der Waals surface area contributed by atoms with Gasteiger partial charge in [-0.15, -0.1) is 0 Å². The van der Waals surface area contributed by atoms with Crippen LogP contribution in [0, 0.1) is 11.8 Å². The molecule has 3 amide bonds. The van der Waals surface area contributed by atoms with Gasteiger partial charge in [-0.1, -0.05) is 225 Å². The number of benzene rings is 9. The minimum Gasteiger partial charge on any atom is -0.480 e. The van der Waals surface area contributed by atoms with E-state index in [2.05, 4.69) is 89.4 Å². The van der Waals surface area contributed by atoms with Crippen molar-refractivity contribution in [3.8, 4) is 0 Å². The van der Waals surface area contributed by atoms with E-state index in [0.717, 1.165) is 56.7 Å². The first-order valence-corrected chi connectivity index (χ1v) is 43.7. The summed E-state index contributed by atoms with van der Waals surface area (Å²) in [5.74, 6) is -5.44. The van der Waals surface area contributed by atoms with Crippen LogP contribution in [-0.4, -0.2) is 121 Å². The summed E-state index contributed by atoms with van der Waals surface area (Å²) in [6.07, 6.45) is 7.85. The molecule has 0 fully saturated rings.